The second-order valence-corrected chi connectivity index (χ2v) is 8.02. The SMILES string of the molecule is COc1ccc(-c2[nH]n(-c3ccc(OC)cc3)c(=O)c2C(C)=Nc2cccc(Br)c2)cc1. The minimum absolute atomic E-state index is 0.183. The lowest BCUT2D eigenvalue weighted by Gasteiger charge is -2.05. The fourth-order valence-corrected chi connectivity index (χ4v) is 3.83. The predicted molar refractivity (Wildman–Crippen MR) is 131 cm³/mol. The van der Waals surface area contributed by atoms with Crippen molar-refractivity contribution in [1.82, 2.24) is 9.78 Å². The largest absolute Gasteiger partial charge is 0.497 e. The van der Waals surface area contributed by atoms with E-state index < -0.39 is 0 Å². The molecule has 1 heterocycles. The molecule has 0 amide bonds. The van der Waals surface area contributed by atoms with E-state index in [1.54, 1.807) is 14.2 Å². The molecule has 0 fully saturated rings. The standard InChI is InChI=1S/C25H22BrN3O3/c1-16(27-19-6-4-5-18(26)15-19)23-24(17-7-11-21(31-2)12-8-17)28-29(25(23)30)20-9-13-22(32-3)14-10-20/h4-15,28H,1-3H3. The molecule has 4 rings (SSSR count). The number of benzene rings is 3. The fraction of sp³-hybridized carbons (Fsp3) is 0.120. The van der Waals surface area contributed by atoms with Gasteiger partial charge in [-0.25, -0.2) is 4.68 Å². The summed E-state index contributed by atoms with van der Waals surface area (Å²) in [5.74, 6) is 1.46. The van der Waals surface area contributed by atoms with E-state index in [1.165, 1.54) is 4.68 Å². The number of aromatic amines is 1. The lowest BCUT2D eigenvalue weighted by molar-refractivity contribution is 0.414. The van der Waals surface area contributed by atoms with E-state index in [2.05, 4.69) is 21.0 Å². The van der Waals surface area contributed by atoms with Gasteiger partial charge in [0.15, 0.2) is 0 Å². The van der Waals surface area contributed by atoms with Gasteiger partial charge in [-0.1, -0.05) is 22.0 Å². The molecule has 0 aliphatic carbocycles. The molecule has 0 aliphatic rings. The van der Waals surface area contributed by atoms with Gasteiger partial charge in [-0.3, -0.25) is 14.9 Å². The maximum atomic E-state index is 13.5. The van der Waals surface area contributed by atoms with Crippen LogP contribution in [0, 0.1) is 0 Å². The highest BCUT2D eigenvalue weighted by molar-refractivity contribution is 9.10. The molecule has 4 aromatic rings. The van der Waals surface area contributed by atoms with E-state index >= 15 is 0 Å². The Morgan fingerprint density at radius 3 is 2.16 bits per heavy atom. The summed E-state index contributed by atoms with van der Waals surface area (Å²) in [6.45, 7) is 1.84. The molecule has 1 N–H and O–H groups in total. The van der Waals surface area contributed by atoms with Gasteiger partial charge in [-0.15, -0.1) is 0 Å². The van der Waals surface area contributed by atoms with Crippen molar-refractivity contribution in [2.75, 3.05) is 14.2 Å². The van der Waals surface area contributed by atoms with Gasteiger partial charge in [0.2, 0.25) is 0 Å². The highest BCUT2D eigenvalue weighted by Gasteiger charge is 2.19. The van der Waals surface area contributed by atoms with E-state index in [1.807, 2.05) is 79.7 Å². The Hall–Kier alpha value is -3.58. The Morgan fingerprint density at radius 1 is 0.938 bits per heavy atom. The average molecular weight is 492 g/mol. The van der Waals surface area contributed by atoms with Crippen molar-refractivity contribution in [3.05, 3.63) is 93.2 Å². The third kappa shape index (κ3) is 4.38. The summed E-state index contributed by atoms with van der Waals surface area (Å²) in [7, 11) is 3.23. The lowest BCUT2D eigenvalue weighted by atomic mass is 10.0. The minimum atomic E-state index is -0.183. The van der Waals surface area contributed by atoms with Gasteiger partial charge in [0, 0.05) is 10.0 Å². The Balaban J connectivity index is 1.89. The molecule has 0 bridgehead atoms. The molecule has 0 aliphatic heterocycles. The fourth-order valence-electron chi connectivity index (χ4n) is 3.45. The van der Waals surface area contributed by atoms with E-state index in [9.17, 15) is 4.79 Å². The lowest BCUT2D eigenvalue weighted by Crippen LogP contribution is -2.19. The maximum absolute atomic E-state index is 13.5. The second-order valence-electron chi connectivity index (χ2n) is 7.11. The first-order valence-corrected chi connectivity index (χ1v) is 10.7. The third-order valence-corrected chi connectivity index (χ3v) is 5.56. The summed E-state index contributed by atoms with van der Waals surface area (Å²) in [4.78, 5) is 18.2. The first-order valence-electron chi connectivity index (χ1n) is 9.95. The van der Waals surface area contributed by atoms with Crippen molar-refractivity contribution >= 4 is 27.3 Å². The molecule has 0 spiro atoms. The van der Waals surface area contributed by atoms with Crippen LogP contribution in [0.2, 0.25) is 0 Å². The number of hydrogen-bond donors (Lipinski definition) is 1. The van der Waals surface area contributed by atoms with Crippen LogP contribution < -0.4 is 15.0 Å². The van der Waals surface area contributed by atoms with Gasteiger partial charge in [0.25, 0.3) is 5.56 Å². The van der Waals surface area contributed by atoms with Crippen molar-refractivity contribution < 1.29 is 9.47 Å². The van der Waals surface area contributed by atoms with E-state index in [4.69, 9.17) is 14.5 Å². The van der Waals surface area contributed by atoms with Crippen LogP contribution in [0.15, 0.2) is 87.1 Å². The molecule has 0 saturated heterocycles. The summed E-state index contributed by atoms with van der Waals surface area (Å²) in [6.07, 6.45) is 0. The van der Waals surface area contributed by atoms with Gasteiger partial charge < -0.3 is 9.47 Å². The number of halogens is 1. The Labute approximate surface area is 194 Å². The molecule has 0 unspecified atom stereocenters. The molecule has 162 valence electrons. The number of rotatable bonds is 6. The molecule has 6 nitrogen and oxygen atoms in total. The number of methoxy groups -OCH3 is 2. The van der Waals surface area contributed by atoms with Crippen LogP contribution in [-0.2, 0) is 0 Å². The Morgan fingerprint density at radius 2 is 1.56 bits per heavy atom. The number of aliphatic imine (C=N–C) groups is 1. The van der Waals surface area contributed by atoms with Gasteiger partial charge >= 0.3 is 0 Å². The van der Waals surface area contributed by atoms with Crippen LogP contribution in [-0.4, -0.2) is 29.7 Å². The third-order valence-electron chi connectivity index (χ3n) is 5.07. The van der Waals surface area contributed by atoms with Crippen LogP contribution in [0.25, 0.3) is 16.9 Å². The van der Waals surface area contributed by atoms with Crippen molar-refractivity contribution in [3.63, 3.8) is 0 Å². The summed E-state index contributed by atoms with van der Waals surface area (Å²) >= 11 is 3.47. The van der Waals surface area contributed by atoms with Crippen LogP contribution in [0.4, 0.5) is 5.69 Å². The number of H-pyrrole nitrogens is 1. The topological polar surface area (TPSA) is 68.6 Å². The number of aromatic nitrogens is 2. The van der Waals surface area contributed by atoms with Gasteiger partial charge in [-0.05, 0) is 73.7 Å². The molecular weight excluding hydrogens is 470 g/mol. The molecule has 3 aromatic carbocycles. The van der Waals surface area contributed by atoms with Crippen molar-refractivity contribution in [1.29, 1.82) is 0 Å². The molecule has 0 atom stereocenters. The number of nitrogens with zero attached hydrogens (tertiary/aromatic N) is 2. The Bertz CT molecular complexity index is 1320. The maximum Gasteiger partial charge on any atom is 0.280 e. The van der Waals surface area contributed by atoms with E-state index in [0.29, 0.717) is 22.7 Å². The first kappa shape index (κ1) is 21.6. The molecule has 7 heteroatoms. The number of hydrogen-bond acceptors (Lipinski definition) is 4. The summed E-state index contributed by atoms with van der Waals surface area (Å²) < 4.78 is 13.0. The quantitative estimate of drug-likeness (QED) is 0.349. The predicted octanol–water partition coefficient (Wildman–Crippen LogP) is 5.75. The normalized spacial score (nSPS) is 11.4. The number of nitrogens with one attached hydrogen (secondary N) is 1. The molecule has 0 saturated carbocycles. The zero-order chi connectivity index (χ0) is 22.7. The van der Waals surface area contributed by atoms with Gasteiger partial charge in [-0.2, -0.15) is 0 Å². The smallest absolute Gasteiger partial charge is 0.280 e. The average Bonchev–Trinajstić information content (AvgIpc) is 3.16. The summed E-state index contributed by atoms with van der Waals surface area (Å²) in [5.41, 5.74) is 3.94. The summed E-state index contributed by atoms with van der Waals surface area (Å²) in [5, 5.41) is 3.27. The second kappa shape index (κ2) is 9.28. The molecule has 1 aromatic heterocycles. The zero-order valence-corrected chi connectivity index (χ0v) is 19.5. The highest BCUT2D eigenvalue weighted by atomic mass is 79.9. The van der Waals surface area contributed by atoms with Crippen molar-refractivity contribution in [3.8, 4) is 28.4 Å². The zero-order valence-electron chi connectivity index (χ0n) is 17.9. The monoisotopic (exact) mass is 491 g/mol. The van der Waals surface area contributed by atoms with Crippen molar-refractivity contribution in [2.45, 2.75) is 6.92 Å². The first-order chi connectivity index (χ1) is 15.5. The summed E-state index contributed by atoms with van der Waals surface area (Å²) in [6, 6.07) is 22.5. The van der Waals surface area contributed by atoms with Crippen LogP contribution >= 0.6 is 15.9 Å². The molecule has 32 heavy (non-hydrogen) atoms. The van der Waals surface area contributed by atoms with Crippen LogP contribution in [0.1, 0.15) is 12.5 Å². The van der Waals surface area contributed by atoms with E-state index in [-0.39, 0.29) is 5.56 Å². The number of ether oxygens (including phenoxy) is 2. The van der Waals surface area contributed by atoms with Gasteiger partial charge in [0.05, 0.1) is 42.6 Å². The molecular formula is C25H22BrN3O3. The van der Waals surface area contributed by atoms with Crippen molar-refractivity contribution in [2.24, 2.45) is 4.99 Å². The Kier molecular flexibility index (Phi) is 6.28. The van der Waals surface area contributed by atoms with Crippen LogP contribution in [0.5, 0.6) is 11.5 Å². The van der Waals surface area contributed by atoms with Gasteiger partial charge in [0.1, 0.15) is 11.5 Å². The minimum Gasteiger partial charge on any atom is -0.497 e. The van der Waals surface area contributed by atoms with E-state index in [0.717, 1.165) is 27.2 Å². The van der Waals surface area contributed by atoms with Crippen LogP contribution in [0.3, 0.4) is 0 Å². The molecule has 0 radical (unpaired) electrons. The highest BCUT2D eigenvalue weighted by Crippen LogP contribution is 2.26.